The Morgan fingerprint density at radius 3 is 2.52 bits per heavy atom. The molecule has 0 aliphatic carbocycles. The molecule has 0 radical (unpaired) electrons. The fourth-order valence-electron chi connectivity index (χ4n) is 2.94. The van der Waals surface area contributed by atoms with Crippen LogP contribution in [0.3, 0.4) is 0 Å². The Morgan fingerprint density at radius 2 is 1.87 bits per heavy atom. The maximum atomic E-state index is 12.6. The number of methoxy groups -OCH3 is 1. The van der Waals surface area contributed by atoms with E-state index in [0.29, 0.717) is 17.1 Å². The summed E-state index contributed by atoms with van der Waals surface area (Å²) in [6, 6.07) is 12.6. The van der Waals surface area contributed by atoms with Gasteiger partial charge in [0, 0.05) is 29.6 Å². The first-order valence-electron chi connectivity index (χ1n) is 9.61. The molecule has 0 bridgehead atoms. The Balaban J connectivity index is 1.67. The molecule has 2 aromatic carbocycles. The van der Waals surface area contributed by atoms with Crippen LogP contribution < -0.4 is 14.8 Å². The number of nitrogens with one attached hydrogen (secondary N) is 2. The van der Waals surface area contributed by atoms with Gasteiger partial charge in [-0.3, -0.25) is 14.2 Å². The van der Waals surface area contributed by atoms with Crippen LogP contribution in [0.2, 0.25) is 0 Å². The number of amides is 1. The van der Waals surface area contributed by atoms with Crippen LogP contribution in [-0.4, -0.2) is 31.2 Å². The van der Waals surface area contributed by atoms with Crippen molar-refractivity contribution >= 4 is 33.4 Å². The monoisotopic (exact) mass is 440 g/mol. The van der Waals surface area contributed by atoms with E-state index in [1.165, 1.54) is 37.5 Å². The molecule has 0 atom stereocenters. The van der Waals surface area contributed by atoms with E-state index in [4.69, 9.17) is 4.74 Å². The number of aryl methyl sites for hydroxylation is 1. The second-order valence-corrected chi connectivity index (χ2v) is 8.34. The number of para-hydroxylation sites is 2. The fraction of sp³-hybridized carbons (Fsp3) is 0.182. The number of aromatic nitrogens is 2. The minimum atomic E-state index is -3.81. The second kappa shape index (κ2) is 9.48. The van der Waals surface area contributed by atoms with Gasteiger partial charge in [-0.05, 0) is 56.3 Å². The first-order chi connectivity index (χ1) is 14.8. The van der Waals surface area contributed by atoms with Crippen LogP contribution in [0.1, 0.15) is 18.2 Å². The highest BCUT2D eigenvalue weighted by Gasteiger charge is 2.16. The molecule has 0 unspecified atom stereocenters. The van der Waals surface area contributed by atoms with Gasteiger partial charge in [0.2, 0.25) is 5.91 Å². The molecular formula is C22H24N4O4S. The SMILES string of the molecule is CCn1ncc(/C=C/C(=O)Nc2ccc(S(=O)(=O)Nc3ccccc3OC)cc2)c1C. The van der Waals surface area contributed by atoms with E-state index in [9.17, 15) is 13.2 Å². The van der Waals surface area contributed by atoms with Gasteiger partial charge in [0.25, 0.3) is 10.0 Å². The van der Waals surface area contributed by atoms with Gasteiger partial charge < -0.3 is 10.1 Å². The van der Waals surface area contributed by atoms with E-state index in [1.54, 1.807) is 36.5 Å². The highest BCUT2D eigenvalue weighted by Crippen LogP contribution is 2.26. The molecular weight excluding hydrogens is 416 g/mol. The lowest BCUT2D eigenvalue weighted by atomic mass is 10.2. The van der Waals surface area contributed by atoms with Crippen molar-refractivity contribution in [3.05, 3.63) is 72.1 Å². The normalized spacial score (nSPS) is 11.5. The van der Waals surface area contributed by atoms with Crippen molar-refractivity contribution in [3.8, 4) is 5.75 Å². The molecule has 31 heavy (non-hydrogen) atoms. The average Bonchev–Trinajstić information content (AvgIpc) is 3.12. The predicted molar refractivity (Wildman–Crippen MR) is 121 cm³/mol. The number of benzene rings is 2. The average molecular weight is 441 g/mol. The number of nitrogens with zero attached hydrogens (tertiary/aromatic N) is 2. The van der Waals surface area contributed by atoms with E-state index < -0.39 is 10.0 Å². The largest absolute Gasteiger partial charge is 0.495 e. The van der Waals surface area contributed by atoms with Gasteiger partial charge in [-0.15, -0.1) is 0 Å². The van der Waals surface area contributed by atoms with Crippen LogP contribution in [0.25, 0.3) is 6.08 Å². The molecule has 0 aliphatic rings. The van der Waals surface area contributed by atoms with Crippen molar-refractivity contribution in [2.24, 2.45) is 0 Å². The van der Waals surface area contributed by atoms with Gasteiger partial charge >= 0.3 is 0 Å². The Morgan fingerprint density at radius 1 is 1.16 bits per heavy atom. The lowest BCUT2D eigenvalue weighted by Gasteiger charge is -2.12. The molecule has 1 amide bonds. The van der Waals surface area contributed by atoms with Gasteiger partial charge in [-0.2, -0.15) is 5.10 Å². The Hall–Kier alpha value is -3.59. The summed E-state index contributed by atoms with van der Waals surface area (Å²) in [7, 11) is -2.34. The number of carbonyl (C=O) groups excluding carboxylic acids is 1. The molecule has 1 aromatic heterocycles. The first kappa shape index (κ1) is 22.1. The lowest BCUT2D eigenvalue weighted by molar-refractivity contribution is -0.111. The van der Waals surface area contributed by atoms with Crippen LogP contribution in [0.5, 0.6) is 5.75 Å². The van der Waals surface area contributed by atoms with Crippen LogP contribution in [0, 0.1) is 6.92 Å². The van der Waals surface area contributed by atoms with Crippen LogP contribution >= 0.6 is 0 Å². The third-order valence-corrected chi connectivity index (χ3v) is 6.02. The maximum Gasteiger partial charge on any atom is 0.262 e. The number of ether oxygens (including phenoxy) is 1. The molecule has 0 saturated carbocycles. The van der Waals surface area contributed by atoms with Crippen LogP contribution in [0.4, 0.5) is 11.4 Å². The molecule has 0 fully saturated rings. The third-order valence-electron chi connectivity index (χ3n) is 4.64. The van der Waals surface area contributed by atoms with Crippen LogP contribution in [0.15, 0.2) is 65.7 Å². The number of hydrogen-bond donors (Lipinski definition) is 2. The van der Waals surface area contributed by atoms with Gasteiger partial charge in [-0.25, -0.2) is 8.42 Å². The lowest BCUT2D eigenvalue weighted by Crippen LogP contribution is -2.14. The van der Waals surface area contributed by atoms with Crippen molar-refractivity contribution in [3.63, 3.8) is 0 Å². The van der Waals surface area contributed by atoms with E-state index in [2.05, 4.69) is 15.1 Å². The van der Waals surface area contributed by atoms with Gasteiger partial charge in [-0.1, -0.05) is 12.1 Å². The minimum absolute atomic E-state index is 0.0644. The van der Waals surface area contributed by atoms with Gasteiger partial charge in [0.05, 0.1) is 23.9 Å². The predicted octanol–water partition coefficient (Wildman–Crippen LogP) is 3.67. The molecule has 0 aliphatic heterocycles. The number of sulfonamides is 1. The summed E-state index contributed by atoms with van der Waals surface area (Å²) in [5.41, 5.74) is 2.66. The summed E-state index contributed by atoms with van der Waals surface area (Å²) in [5.74, 6) is 0.0906. The smallest absolute Gasteiger partial charge is 0.262 e. The summed E-state index contributed by atoms with van der Waals surface area (Å²) in [5, 5.41) is 6.94. The topological polar surface area (TPSA) is 102 Å². The summed E-state index contributed by atoms with van der Waals surface area (Å²) in [4.78, 5) is 12.3. The Bertz CT molecular complexity index is 1200. The third kappa shape index (κ3) is 5.32. The summed E-state index contributed by atoms with van der Waals surface area (Å²) < 4.78 is 34.8. The van der Waals surface area contributed by atoms with Gasteiger partial charge in [0.1, 0.15) is 5.75 Å². The molecule has 3 aromatic rings. The summed E-state index contributed by atoms with van der Waals surface area (Å²) >= 11 is 0. The number of anilines is 2. The fourth-order valence-corrected chi connectivity index (χ4v) is 4.01. The number of hydrogen-bond acceptors (Lipinski definition) is 5. The Labute approximate surface area is 181 Å². The maximum absolute atomic E-state index is 12.6. The summed E-state index contributed by atoms with van der Waals surface area (Å²) in [6.45, 7) is 4.69. The van der Waals surface area contributed by atoms with Crippen LogP contribution in [-0.2, 0) is 21.4 Å². The zero-order valence-electron chi connectivity index (χ0n) is 17.5. The zero-order valence-corrected chi connectivity index (χ0v) is 18.3. The zero-order chi connectivity index (χ0) is 22.4. The molecule has 3 rings (SSSR count). The Kier molecular flexibility index (Phi) is 6.76. The standard InChI is InChI=1S/C22H24N4O4S/c1-4-26-16(2)17(15-23-26)9-14-22(27)24-18-10-12-19(13-11-18)31(28,29)25-20-7-5-6-8-21(20)30-3/h5-15,25H,4H2,1-3H3,(H,24,27)/b14-9+. The molecule has 9 heteroatoms. The second-order valence-electron chi connectivity index (χ2n) is 6.65. The van der Waals surface area contributed by atoms with E-state index in [-0.39, 0.29) is 10.8 Å². The van der Waals surface area contributed by atoms with Crippen molar-refractivity contribution in [2.75, 3.05) is 17.1 Å². The van der Waals surface area contributed by atoms with Crippen molar-refractivity contribution in [1.29, 1.82) is 0 Å². The van der Waals surface area contributed by atoms with Crippen molar-refractivity contribution in [2.45, 2.75) is 25.3 Å². The summed E-state index contributed by atoms with van der Waals surface area (Å²) in [6.07, 6.45) is 4.81. The van der Waals surface area contributed by atoms with Crippen molar-refractivity contribution < 1.29 is 17.9 Å². The minimum Gasteiger partial charge on any atom is -0.495 e. The molecule has 162 valence electrons. The molecule has 1 heterocycles. The van der Waals surface area contributed by atoms with E-state index in [1.807, 2.05) is 18.5 Å². The molecule has 0 saturated heterocycles. The highest BCUT2D eigenvalue weighted by molar-refractivity contribution is 7.92. The quantitative estimate of drug-likeness (QED) is 0.520. The first-order valence-corrected chi connectivity index (χ1v) is 11.1. The van der Waals surface area contributed by atoms with Crippen molar-refractivity contribution in [1.82, 2.24) is 9.78 Å². The molecule has 2 N–H and O–H groups in total. The van der Waals surface area contributed by atoms with Gasteiger partial charge in [0.15, 0.2) is 0 Å². The van der Waals surface area contributed by atoms with E-state index >= 15 is 0 Å². The molecule has 0 spiro atoms. The highest BCUT2D eigenvalue weighted by atomic mass is 32.2. The number of rotatable bonds is 8. The van der Waals surface area contributed by atoms with E-state index in [0.717, 1.165) is 17.8 Å². The number of carbonyl (C=O) groups is 1. The molecule has 8 nitrogen and oxygen atoms in total.